The van der Waals surface area contributed by atoms with Gasteiger partial charge >= 0.3 is 0 Å². The van der Waals surface area contributed by atoms with Crippen LogP contribution in [0, 0.1) is 17.1 Å². The van der Waals surface area contributed by atoms with Crippen LogP contribution in [-0.2, 0) is 6.54 Å². The molecule has 2 aromatic carbocycles. The fraction of sp³-hybridized carbons (Fsp3) is 0.0526. The van der Waals surface area contributed by atoms with Crippen molar-refractivity contribution < 1.29 is 4.39 Å². The van der Waals surface area contributed by atoms with Gasteiger partial charge in [0.25, 0.3) is 0 Å². The molecule has 0 aliphatic carbocycles. The highest BCUT2D eigenvalue weighted by Gasteiger charge is 2.04. The second-order valence-electron chi connectivity index (χ2n) is 5.15. The number of imidazole rings is 1. The van der Waals surface area contributed by atoms with Gasteiger partial charge in [-0.25, -0.2) is 9.37 Å². The zero-order valence-electron chi connectivity index (χ0n) is 12.4. The Hall–Kier alpha value is -3.19. The number of hydrogen-bond acceptors (Lipinski definition) is 2. The van der Waals surface area contributed by atoms with Crippen LogP contribution < -0.4 is 0 Å². The summed E-state index contributed by atoms with van der Waals surface area (Å²) in [5, 5.41) is 8.87. The molecule has 0 aliphatic heterocycles. The van der Waals surface area contributed by atoms with E-state index in [-0.39, 0.29) is 5.82 Å². The standard InChI is InChI=1S/C19H14FN3/c20-19-7-5-17(6-8-19)18(13-23-10-9-22-14-23)11-15-1-3-16(12-21)4-2-15/h1-11,14H,13H2. The summed E-state index contributed by atoms with van der Waals surface area (Å²) in [6.45, 7) is 0.631. The number of allylic oxidation sites excluding steroid dienone is 1. The topological polar surface area (TPSA) is 41.6 Å². The molecule has 1 heterocycles. The Bertz CT molecular complexity index is 839. The van der Waals surface area contributed by atoms with Crippen LogP contribution in [0.4, 0.5) is 4.39 Å². The molecule has 0 unspecified atom stereocenters. The largest absolute Gasteiger partial charge is 0.333 e. The van der Waals surface area contributed by atoms with E-state index in [2.05, 4.69) is 11.1 Å². The summed E-state index contributed by atoms with van der Waals surface area (Å²) < 4.78 is 15.1. The van der Waals surface area contributed by atoms with Crippen LogP contribution >= 0.6 is 0 Å². The zero-order chi connectivity index (χ0) is 16.1. The average Bonchev–Trinajstić information content (AvgIpc) is 3.09. The van der Waals surface area contributed by atoms with Gasteiger partial charge < -0.3 is 4.57 Å². The first-order valence-electron chi connectivity index (χ1n) is 7.17. The van der Waals surface area contributed by atoms with Gasteiger partial charge in [0.15, 0.2) is 0 Å². The van der Waals surface area contributed by atoms with Crippen LogP contribution in [0.15, 0.2) is 67.3 Å². The summed E-state index contributed by atoms with van der Waals surface area (Å²) in [6.07, 6.45) is 7.39. The van der Waals surface area contributed by atoms with Gasteiger partial charge in [-0.15, -0.1) is 0 Å². The number of nitrogens with zero attached hydrogens (tertiary/aromatic N) is 3. The molecule has 3 nitrogen and oxygen atoms in total. The van der Waals surface area contributed by atoms with Crippen LogP contribution in [0.3, 0.4) is 0 Å². The van der Waals surface area contributed by atoms with Crippen LogP contribution in [0.1, 0.15) is 16.7 Å². The van der Waals surface area contributed by atoms with E-state index in [0.29, 0.717) is 12.1 Å². The van der Waals surface area contributed by atoms with Crippen molar-refractivity contribution in [2.45, 2.75) is 6.54 Å². The van der Waals surface area contributed by atoms with Crippen molar-refractivity contribution in [2.75, 3.05) is 0 Å². The van der Waals surface area contributed by atoms with Crippen LogP contribution in [0.5, 0.6) is 0 Å². The molecular weight excluding hydrogens is 289 g/mol. The van der Waals surface area contributed by atoms with E-state index in [9.17, 15) is 4.39 Å². The third-order valence-electron chi connectivity index (χ3n) is 3.51. The smallest absolute Gasteiger partial charge is 0.123 e. The first-order chi connectivity index (χ1) is 11.2. The second kappa shape index (κ2) is 6.71. The number of halogens is 1. The molecule has 112 valence electrons. The van der Waals surface area contributed by atoms with E-state index in [0.717, 1.165) is 16.7 Å². The fourth-order valence-electron chi connectivity index (χ4n) is 2.32. The molecule has 3 aromatic rings. The lowest BCUT2D eigenvalue weighted by Gasteiger charge is -2.09. The Balaban J connectivity index is 1.97. The van der Waals surface area contributed by atoms with E-state index in [1.54, 1.807) is 36.8 Å². The molecule has 0 N–H and O–H groups in total. The minimum absolute atomic E-state index is 0.255. The van der Waals surface area contributed by atoms with Gasteiger partial charge in [-0.3, -0.25) is 0 Å². The SMILES string of the molecule is N#Cc1ccc(C=C(Cn2ccnc2)c2ccc(F)cc2)cc1. The van der Waals surface area contributed by atoms with Gasteiger partial charge in [0.2, 0.25) is 0 Å². The summed E-state index contributed by atoms with van der Waals surface area (Å²) in [5.74, 6) is -0.255. The summed E-state index contributed by atoms with van der Waals surface area (Å²) in [4.78, 5) is 4.05. The number of rotatable bonds is 4. The van der Waals surface area contributed by atoms with Gasteiger partial charge in [0.1, 0.15) is 5.82 Å². The molecule has 3 rings (SSSR count). The lowest BCUT2D eigenvalue weighted by molar-refractivity contribution is 0.627. The molecule has 0 spiro atoms. The van der Waals surface area contributed by atoms with E-state index in [1.165, 1.54) is 12.1 Å². The highest BCUT2D eigenvalue weighted by molar-refractivity contribution is 5.81. The van der Waals surface area contributed by atoms with Crippen molar-refractivity contribution in [1.29, 1.82) is 5.26 Å². The lowest BCUT2D eigenvalue weighted by Crippen LogP contribution is -1.98. The summed E-state index contributed by atoms with van der Waals surface area (Å²) >= 11 is 0. The van der Waals surface area contributed by atoms with Gasteiger partial charge in [-0.05, 0) is 47.0 Å². The van der Waals surface area contributed by atoms with Gasteiger partial charge in [-0.1, -0.05) is 24.3 Å². The van der Waals surface area contributed by atoms with Gasteiger partial charge in [-0.2, -0.15) is 5.26 Å². The van der Waals surface area contributed by atoms with Crippen molar-refractivity contribution in [3.63, 3.8) is 0 Å². The molecule has 0 amide bonds. The van der Waals surface area contributed by atoms with Crippen molar-refractivity contribution >= 4 is 11.6 Å². The first kappa shape index (κ1) is 14.7. The van der Waals surface area contributed by atoms with Crippen molar-refractivity contribution in [3.8, 4) is 6.07 Å². The van der Waals surface area contributed by atoms with Crippen molar-refractivity contribution in [1.82, 2.24) is 9.55 Å². The Morgan fingerprint density at radius 2 is 1.87 bits per heavy atom. The predicted octanol–water partition coefficient (Wildman–Crippen LogP) is 4.13. The molecule has 0 aliphatic rings. The number of benzene rings is 2. The van der Waals surface area contributed by atoms with Crippen LogP contribution in [0.2, 0.25) is 0 Å². The minimum atomic E-state index is -0.255. The molecule has 0 atom stereocenters. The Labute approximate surface area is 134 Å². The lowest BCUT2D eigenvalue weighted by atomic mass is 10.0. The quantitative estimate of drug-likeness (QED) is 0.680. The maximum Gasteiger partial charge on any atom is 0.123 e. The number of aromatic nitrogens is 2. The monoisotopic (exact) mass is 303 g/mol. The van der Waals surface area contributed by atoms with E-state index in [4.69, 9.17) is 5.26 Å². The molecule has 0 bridgehead atoms. The number of nitriles is 1. The summed E-state index contributed by atoms with van der Waals surface area (Å²) in [6, 6.07) is 15.9. The maximum atomic E-state index is 13.2. The van der Waals surface area contributed by atoms with E-state index in [1.807, 2.05) is 29.0 Å². The molecule has 0 radical (unpaired) electrons. The molecule has 23 heavy (non-hydrogen) atoms. The molecule has 1 aromatic heterocycles. The highest BCUT2D eigenvalue weighted by Crippen LogP contribution is 2.21. The van der Waals surface area contributed by atoms with Gasteiger partial charge in [0, 0.05) is 18.9 Å². The average molecular weight is 303 g/mol. The number of hydrogen-bond donors (Lipinski definition) is 0. The maximum absolute atomic E-state index is 13.2. The minimum Gasteiger partial charge on any atom is -0.333 e. The molecule has 4 heteroatoms. The first-order valence-corrected chi connectivity index (χ1v) is 7.17. The summed E-state index contributed by atoms with van der Waals surface area (Å²) in [5.41, 5.74) is 3.60. The van der Waals surface area contributed by atoms with Crippen molar-refractivity contribution in [2.24, 2.45) is 0 Å². The molecule has 0 fully saturated rings. The zero-order valence-corrected chi connectivity index (χ0v) is 12.4. The fourth-order valence-corrected chi connectivity index (χ4v) is 2.32. The third-order valence-corrected chi connectivity index (χ3v) is 3.51. The Morgan fingerprint density at radius 3 is 2.48 bits per heavy atom. The van der Waals surface area contributed by atoms with E-state index >= 15 is 0 Å². The summed E-state index contributed by atoms with van der Waals surface area (Å²) in [7, 11) is 0. The van der Waals surface area contributed by atoms with E-state index < -0.39 is 0 Å². The Morgan fingerprint density at radius 1 is 1.13 bits per heavy atom. The second-order valence-corrected chi connectivity index (χ2v) is 5.15. The Kier molecular flexibility index (Phi) is 4.30. The molecule has 0 saturated carbocycles. The predicted molar refractivity (Wildman–Crippen MR) is 87.7 cm³/mol. The third kappa shape index (κ3) is 3.72. The van der Waals surface area contributed by atoms with Crippen LogP contribution in [-0.4, -0.2) is 9.55 Å². The molecular formula is C19H14FN3. The highest BCUT2D eigenvalue weighted by atomic mass is 19.1. The van der Waals surface area contributed by atoms with Gasteiger partial charge in [0.05, 0.1) is 18.0 Å². The normalized spacial score (nSPS) is 11.2. The van der Waals surface area contributed by atoms with Crippen LogP contribution in [0.25, 0.3) is 11.6 Å². The van der Waals surface area contributed by atoms with Crippen molar-refractivity contribution in [3.05, 3.63) is 89.8 Å². The molecule has 0 saturated heterocycles.